The van der Waals surface area contributed by atoms with Gasteiger partial charge < -0.3 is 15.2 Å². The van der Waals surface area contributed by atoms with Crippen molar-refractivity contribution in [1.82, 2.24) is 25.3 Å². The molecule has 0 fully saturated rings. The minimum Gasteiger partial charge on any atom is -0.480 e. The van der Waals surface area contributed by atoms with Crippen LogP contribution in [0.2, 0.25) is 0 Å². The molecule has 1 amide bonds. The molecule has 1 unspecified atom stereocenters. The van der Waals surface area contributed by atoms with Gasteiger partial charge >= 0.3 is 5.97 Å². The molecule has 140 valence electrons. The van der Waals surface area contributed by atoms with Crippen LogP contribution in [0.3, 0.4) is 0 Å². The number of ether oxygens (including phenoxy) is 1. The van der Waals surface area contributed by atoms with E-state index in [-0.39, 0.29) is 18.7 Å². The number of nitrogens with one attached hydrogen (secondary N) is 1. The summed E-state index contributed by atoms with van der Waals surface area (Å²) in [5.41, 5.74) is 1.96. The summed E-state index contributed by atoms with van der Waals surface area (Å²) in [6.07, 6.45) is 1.83. The fourth-order valence-corrected chi connectivity index (χ4v) is 2.75. The summed E-state index contributed by atoms with van der Waals surface area (Å²) in [5, 5.41) is 20.6. The second-order valence-electron chi connectivity index (χ2n) is 5.93. The van der Waals surface area contributed by atoms with Gasteiger partial charge in [-0.05, 0) is 19.1 Å². The van der Waals surface area contributed by atoms with Crippen molar-refractivity contribution in [2.24, 2.45) is 0 Å². The van der Waals surface area contributed by atoms with E-state index >= 15 is 0 Å². The highest BCUT2D eigenvalue weighted by molar-refractivity contribution is 5.96. The smallest absolute Gasteiger partial charge is 0.326 e. The highest BCUT2D eigenvalue weighted by atomic mass is 16.5. The lowest BCUT2D eigenvalue weighted by molar-refractivity contribution is -0.139. The average molecular weight is 369 g/mol. The minimum atomic E-state index is -1.14. The van der Waals surface area contributed by atoms with E-state index in [1.54, 1.807) is 13.1 Å². The van der Waals surface area contributed by atoms with E-state index in [0.29, 0.717) is 11.4 Å². The van der Waals surface area contributed by atoms with Gasteiger partial charge in [0.2, 0.25) is 0 Å². The van der Waals surface area contributed by atoms with Crippen LogP contribution in [0.1, 0.15) is 22.6 Å². The van der Waals surface area contributed by atoms with Crippen molar-refractivity contribution in [3.8, 4) is 5.69 Å². The largest absolute Gasteiger partial charge is 0.480 e. The molecule has 2 heterocycles. The molecule has 0 aliphatic heterocycles. The molecule has 0 radical (unpaired) electrons. The third-order valence-corrected chi connectivity index (χ3v) is 4.16. The number of rotatable bonds is 7. The summed E-state index contributed by atoms with van der Waals surface area (Å²) in [5.74, 6) is -1.74. The molecule has 3 aromatic rings. The predicted molar refractivity (Wildman–Crippen MR) is 96.8 cm³/mol. The summed E-state index contributed by atoms with van der Waals surface area (Å²) in [7, 11) is 1.47. The number of carboxylic acids is 1. The van der Waals surface area contributed by atoms with Crippen molar-refractivity contribution in [3.05, 3.63) is 47.9 Å². The molecule has 0 aliphatic carbocycles. The Morgan fingerprint density at radius 2 is 2.07 bits per heavy atom. The number of carboxylic acid groups (broad SMARTS) is 1. The first-order valence-corrected chi connectivity index (χ1v) is 8.32. The zero-order valence-corrected chi connectivity index (χ0v) is 14.9. The zero-order valence-electron chi connectivity index (χ0n) is 14.9. The molecule has 1 aromatic carbocycles. The monoisotopic (exact) mass is 369 g/mol. The maximum Gasteiger partial charge on any atom is 0.326 e. The third-order valence-electron chi connectivity index (χ3n) is 4.16. The molecule has 0 spiro atoms. The Balaban J connectivity index is 1.90. The fourth-order valence-electron chi connectivity index (χ4n) is 2.75. The van der Waals surface area contributed by atoms with Gasteiger partial charge in [-0.1, -0.05) is 23.4 Å². The van der Waals surface area contributed by atoms with E-state index < -0.39 is 17.9 Å². The van der Waals surface area contributed by atoms with Gasteiger partial charge in [-0.25, -0.2) is 9.48 Å². The Bertz CT molecular complexity index is 980. The number of hydrogen-bond acceptors (Lipinski definition) is 6. The van der Waals surface area contributed by atoms with Gasteiger partial charge in [0.15, 0.2) is 5.69 Å². The minimum absolute atomic E-state index is 0.0617. The normalized spacial score (nSPS) is 12.1. The molecule has 27 heavy (non-hydrogen) atoms. The number of nitrogens with zero attached hydrogens (tertiary/aromatic N) is 4. The van der Waals surface area contributed by atoms with Gasteiger partial charge in [0.05, 0.1) is 16.9 Å². The van der Waals surface area contributed by atoms with Crippen molar-refractivity contribution in [3.63, 3.8) is 0 Å². The SMILES string of the molecule is COCCC(NC(=O)c1nnn(-c2cccc3cccnc23)c1C)C(=O)O. The maximum absolute atomic E-state index is 12.5. The molecular weight excluding hydrogens is 350 g/mol. The molecule has 2 aromatic heterocycles. The van der Waals surface area contributed by atoms with Crippen LogP contribution in [0.4, 0.5) is 0 Å². The van der Waals surface area contributed by atoms with Gasteiger partial charge in [-0.3, -0.25) is 9.78 Å². The van der Waals surface area contributed by atoms with E-state index in [1.807, 2.05) is 30.3 Å². The average Bonchev–Trinajstić information content (AvgIpc) is 3.05. The number of carbonyl (C=O) groups is 2. The maximum atomic E-state index is 12.5. The second kappa shape index (κ2) is 7.92. The first-order chi connectivity index (χ1) is 13.0. The van der Waals surface area contributed by atoms with Crippen LogP contribution >= 0.6 is 0 Å². The summed E-state index contributed by atoms with van der Waals surface area (Å²) >= 11 is 0. The van der Waals surface area contributed by atoms with Crippen LogP contribution < -0.4 is 5.32 Å². The first kappa shape index (κ1) is 18.5. The topological polar surface area (TPSA) is 119 Å². The first-order valence-electron chi connectivity index (χ1n) is 8.32. The number of aromatic nitrogens is 4. The Hall–Kier alpha value is -3.33. The summed E-state index contributed by atoms with van der Waals surface area (Å²) in [6, 6.07) is 8.33. The quantitative estimate of drug-likeness (QED) is 0.645. The molecule has 0 saturated heterocycles. The lowest BCUT2D eigenvalue weighted by Crippen LogP contribution is -2.41. The standard InChI is InChI=1S/C18H19N5O4/c1-11-15(17(24)20-13(18(25)26)8-10-27-2)21-22-23(11)14-7-3-5-12-6-4-9-19-16(12)14/h3-7,9,13H,8,10H2,1-2H3,(H,20,24)(H,25,26). The van der Waals surface area contributed by atoms with E-state index in [2.05, 4.69) is 20.6 Å². The third kappa shape index (κ3) is 3.77. The molecule has 1 atom stereocenters. The summed E-state index contributed by atoms with van der Waals surface area (Å²) in [6.45, 7) is 1.91. The van der Waals surface area contributed by atoms with E-state index in [9.17, 15) is 14.7 Å². The summed E-state index contributed by atoms with van der Waals surface area (Å²) < 4.78 is 6.41. The molecule has 3 rings (SSSR count). The molecule has 0 saturated carbocycles. The molecular formula is C18H19N5O4. The van der Waals surface area contributed by atoms with Crippen molar-refractivity contribution in [1.29, 1.82) is 0 Å². The van der Waals surface area contributed by atoms with E-state index in [4.69, 9.17) is 4.74 Å². The van der Waals surface area contributed by atoms with E-state index in [1.165, 1.54) is 11.8 Å². The van der Waals surface area contributed by atoms with Gasteiger partial charge in [-0.2, -0.15) is 0 Å². The highest BCUT2D eigenvalue weighted by Gasteiger charge is 2.24. The van der Waals surface area contributed by atoms with Gasteiger partial charge in [0.25, 0.3) is 5.91 Å². The van der Waals surface area contributed by atoms with Crippen LogP contribution in [0.5, 0.6) is 0 Å². The van der Waals surface area contributed by atoms with Crippen molar-refractivity contribution in [2.75, 3.05) is 13.7 Å². The number of para-hydroxylation sites is 1. The number of fused-ring (bicyclic) bond motifs is 1. The number of carbonyl (C=O) groups excluding carboxylic acids is 1. The Labute approximate surface area is 155 Å². The number of amides is 1. The van der Waals surface area contributed by atoms with Crippen molar-refractivity contribution in [2.45, 2.75) is 19.4 Å². The number of aliphatic carboxylic acids is 1. The van der Waals surface area contributed by atoms with Crippen molar-refractivity contribution < 1.29 is 19.4 Å². The number of benzene rings is 1. The second-order valence-corrected chi connectivity index (χ2v) is 5.93. The van der Waals surface area contributed by atoms with Gasteiger partial charge in [0.1, 0.15) is 6.04 Å². The number of pyridine rings is 1. The van der Waals surface area contributed by atoms with Crippen LogP contribution in [0.25, 0.3) is 16.6 Å². The molecule has 9 nitrogen and oxygen atoms in total. The van der Waals surface area contributed by atoms with Crippen LogP contribution in [0, 0.1) is 6.92 Å². The van der Waals surface area contributed by atoms with Crippen LogP contribution in [-0.2, 0) is 9.53 Å². The lowest BCUT2D eigenvalue weighted by atomic mass is 10.2. The molecule has 9 heteroatoms. The lowest BCUT2D eigenvalue weighted by Gasteiger charge is -2.13. The van der Waals surface area contributed by atoms with Crippen molar-refractivity contribution >= 4 is 22.8 Å². The Morgan fingerprint density at radius 1 is 1.30 bits per heavy atom. The molecule has 0 aliphatic rings. The predicted octanol–water partition coefficient (Wildman–Crippen LogP) is 1.34. The fraction of sp³-hybridized carbons (Fsp3) is 0.278. The number of hydrogen-bond donors (Lipinski definition) is 2. The van der Waals surface area contributed by atoms with Gasteiger partial charge in [-0.15, -0.1) is 5.10 Å². The Kier molecular flexibility index (Phi) is 5.41. The van der Waals surface area contributed by atoms with Crippen LogP contribution in [-0.4, -0.2) is 56.7 Å². The van der Waals surface area contributed by atoms with Gasteiger partial charge in [0, 0.05) is 31.7 Å². The van der Waals surface area contributed by atoms with Crippen LogP contribution in [0.15, 0.2) is 36.5 Å². The number of methoxy groups -OCH3 is 1. The molecule has 2 N–H and O–H groups in total. The summed E-state index contributed by atoms with van der Waals surface area (Å²) in [4.78, 5) is 28.2. The molecule has 0 bridgehead atoms. The zero-order chi connectivity index (χ0) is 19.4. The Morgan fingerprint density at radius 3 is 2.81 bits per heavy atom. The highest BCUT2D eigenvalue weighted by Crippen LogP contribution is 2.21. The van der Waals surface area contributed by atoms with E-state index in [0.717, 1.165) is 10.9 Å².